The van der Waals surface area contributed by atoms with Crippen LogP contribution in [0.5, 0.6) is 0 Å². The van der Waals surface area contributed by atoms with Gasteiger partial charge in [0.25, 0.3) is 6.43 Å². The van der Waals surface area contributed by atoms with Crippen molar-refractivity contribution in [1.82, 2.24) is 4.98 Å². The Morgan fingerprint density at radius 3 is 2.35 bits per heavy atom. The normalized spacial score (nSPS) is 11.7. The standard InChI is InChI=1S/C9H6F5NO2/c1-17-8(16)6-4(7(10)11)2-3-5(15-6)9(12,13)14/h2-3,7H,1H3. The molecule has 0 unspecified atom stereocenters. The third kappa shape index (κ3) is 2.89. The average molecular weight is 255 g/mol. The van der Waals surface area contributed by atoms with E-state index in [9.17, 15) is 26.7 Å². The predicted octanol–water partition coefficient (Wildman–Crippen LogP) is 2.82. The lowest BCUT2D eigenvalue weighted by atomic mass is 10.1. The highest BCUT2D eigenvalue weighted by Crippen LogP contribution is 2.30. The van der Waals surface area contributed by atoms with Crippen molar-refractivity contribution >= 4 is 5.97 Å². The summed E-state index contributed by atoms with van der Waals surface area (Å²) >= 11 is 0. The van der Waals surface area contributed by atoms with Gasteiger partial charge in [-0.1, -0.05) is 0 Å². The number of pyridine rings is 1. The van der Waals surface area contributed by atoms with Gasteiger partial charge in [0.1, 0.15) is 5.69 Å². The monoisotopic (exact) mass is 255 g/mol. The number of carbonyl (C=O) groups excluding carboxylic acids is 1. The molecule has 1 heterocycles. The molecule has 0 radical (unpaired) electrons. The fourth-order valence-corrected chi connectivity index (χ4v) is 1.06. The smallest absolute Gasteiger partial charge is 0.433 e. The maximum atomic E-state index is 12.4. The summed E-state index contributed by atoms with van der Waals surface area (Å²) in [5.41, 5.74) is -3.36. The molecule has 0 atom stereocenters. The minimum Gasteiger partial charge on any atom is -0.464 e. The zero-order valence-corrected chi connectivity index (χ0v) is 8.39. The van der Waals surface area contributed by atoms with E-state index < -0.39 is 35.5 Å². The molecule has 1 aromatic heterocycles. The van der Waals surface area contributed by atoms with E-state index in [0.29, 0.717) is 12.1 Å². The molecule has 0 fully saturated rings. The zero-order valence-electron chi connectivity index (χ0n) is 8.39. The molecule has 3 nitrogen and oxygen atoms in total. The van der Waals surface area contributed by atoms with Gasteiger partial charge in [0.15, 0.2) is 5.69 Å². The molecule has 0 N–H and O–H groups in total. The van der Waals surface area contributed by atoms with E-state index in [1.165, 1.54) is 0 Å². The number of esters is 1. The second kappa shape index (κ2) is 4.64. The van der Waals surface area contributed by atoms with Gasteiger partial charge in [0, 0.05) is 0 Å². The number of aromatic nitrogens is 1. The molecular formula is C9H6F5NO2. The second-order valence-corrected chi connectivity index (χ2v) is 2.92. The number of rotatable bonds is 2. The molecule has 0 spiro atoms. The first-order chi connectivity index (χ1) is 7.77. The van der Waals surface area contributed by atoms with Gasteiger partial charge in [-0.2, -0.15) is 13.2 Å². The van der Waals surface area contributed by atoms with Gasteiger partial charge in [-0.3, -0.25) is 0 Å². The van der Waals surface area contributed by atoms with Crippen LogP contribution in [0.3, 0.4) is 0 Å². The number of carbonyl (C=O) groups is 1. The topological polar surface area (TPSA) is 39.2 Å². The Morgan fingerprint density at radius 2 is 1.94 bits per heavy atom. The minimum absolute atomic E-state index is 0.383. The van der Waals surface area contributed by atoms with Crippen LogP contribution in [0.15, 0.2) is 12.1 Å². The molecule has 0 bridgehead atoms. The first-order valence-corrected chi connectivity index (χ1v) is 4.22. The van der Waals surface area contributed by atoms with E-state index >= 15 is 0 Å². The molecule has 0 aliphatic rings. The number of nitrogens with zero attached hydrogens (tertiary/aromatic N) is 1. The molecule has 0 saturated heterocycles. The molecule has 0 amide bonds. The van der Waals surface area contributed by atoms with Gasteiger partial charge in [0.05, 0.1) is 12.7 Å². The van der Waals surface area contributed by atoms with Crippen molar-refractivity contribution in [3.63, 3.8) is 0 Å². The van der Waals surface area contributed by atoms with Crippen LogP contribution in [-0.4, -0.2) is 18.1 Å². The van der Waals surface area contributed by atoms with Crippen molar-refractivity contribution in [2.24, 2.45) is 0 Å². The average Bonchev–Trinajstić information content (AvgIpc) is 2.25. The SMILES string of the molecule is COC(=O)c1nc(C(F)(F)F)ccc1C(F)F. The maximum Gasteiger partial charge on any atom is 0.433 e. The Hall–Kier alpha value is -1.73. The molecule has 17 heavy (non-hydrogen) atoms. The largest absolute Gasteiger partial charge is 0.464 e. The van der Waals surface area contributed by atoms with E-state index in [0.717, 1.165) is 7.11 Å². The Kier molecular flexibility index (Phi) is 3.64. The van der Waals surface area contributed by atoms with Gasteiger partial charge < -0.3 is 4.74 Å². The lowest BCUT2D eigenvalue weighted by Gasteiger charge is -2.10. The van der Waals surface area contributed by atoms with Gasteiger partial charge in [-0.15, -0.1) is 0 Å². The summed E-state index contributed by atoms with van der Waals surface area (Å²) in [6.07, 6.45) is -7.93. The fraction of sp³-hybridized carbons (Fsp3) is 0.333. The van der Waals surface area contributed by atoms with Crippen LogP contribution in [-0.2, 0) is 10.9 Å². The number of ether oxygens (including phenoxy) is 1. The van der Waals surface area contributed by atoms with Crippen LogP contribution in [0.4, 0.5) is 22.0 Å². The summed E-state index contributed by atoms with van der Waals surface area (Å²) in [5.74, 6) is -1.34. The molecule has 0 aliphatic heterocycles. The van der Waals surface area contributed by atoms with Crippen LogP contribution in [0, 0.1) is 0 Å². The van der Waals surface area contributed by atoms with Gasteiger partial charge in [0.2, 0.25) is 0 Å². The van der Waals surface area contributed by atoms with Gasteiger partial charge in [-0.05, 0) is 12.1 Å². The van der Waals surface area contributed by atoms with Gasteiger partial charge >= 0.3 is 12.1 Å². The lowest BCUT2D eigenvalue weighted by molar-refractivity contribution is -0.141. The number of hydrogen-bond acceptors (Lipinski definition) is 3. The summed E-state index contributed by atoms with van der Waals surface area (Å²) in [7, 11) is 0.861. The number of halogens is 5. The highest BCUT2D eigenvalue weighted by molar-refractivity contribution is 5.89. The van der Waals surface area contributed by atoms with Crippen molar-refractivity contribution in [2.75, 3.05) is 7.11 Å². The second-order valence-electron chi connectivity index (χ2n) is 2.92. The highest BCUT2D eigenvalue weighted by Gasteiger charge is 2.34. The van der Waals surface area contributed by atoms with Crippen molar-refractivity contribution in [3.8, 4) is 0 Å². The van der Waals surface area contributed by atoms with Gasteiger partial charge in [-0.25, -0.2) is 18.6 Å². The Labute approximate surface area is 92.2 Å². The first kappa shape index (κ1) is 13.3. The maximum absolute atomic E-state index is 12.4. The molecule has 1 rings (SSSR count). The highest BCUT2D eigenvalue weighted by atomic mass is 19.4. The molecule has 8 heteroatoms. The number of hydrogen-bond donors (Lipinski definition) is 0. The van der Waals surface area contributed by atoms with Crippen molar-refractivity contribution in [2.45, 2.75) is 12.6 Å². The third-order valence-electron chi connectivity index (χ3n) is 1.83. The van der Waals surface area contributed by atoms with E-state index in [1.807, 2.05) is 0 Å². The molecule has 0 aromatic carbocycles. The van der Waals surface area contributed by atoms with Crippen molar-refractivity contribution in [3.05, 3.63) is 29.1 Å². The molecule has 1 aromatic rings. The van der Waals surface area contributed by atoms with Crippen molar-refractivity contribution in [1.29, 1.82) is 0 Å². The predicted molar refractivity (Wildman–Crippen MR) is 45.5 cm³/mol. The van der Waals surface area contributed by atoms with Crippen LogP contribution in [0.25, 0.3) is 0 Å². The summed E-state index contributed by atoms with van der Waals surface area (Å²) < 4.78 is 65.7. The lowest BCUT2D eigenvalue weighted by Crippen LogP contribution is -2.15. The number of alkyl halides is 5. The number of methoxy groups -OCH3 is 1. The van der Waals surface area contributed by atoms with Crippen LogP contribution < -0.4 is 0 Å². The Bertz CT molecular complexity index is 430. The summed E-state index contributed by atoms with van der Waals surface area (Å²) in [4.78, 5) is 13.9. The molecule has 0 saturated carbocycles. The summed E-state index contributed by atoms with van der Waals surface area (Å²) in [6.45, 7) is 0. The Balaban J connectivity index is 3.34. The quantitative estimate of drug-likeness (QED) is 0.602. The van der Waals surface area contributed by atoms with E-state index in [1.54, 1.807) is 0 Å². The molecular weight excluding hydrogens is 249 g/mol. The van der Waals surface area contributed by atoms with E-state index in [4.69, 9.17) is 0 Å². The first-order valence-electron chi connectivity index (χ1n) is 4.22. The summed E-state index contributed by atoms with van der Waals surface area (Å²) in [5, 5.41) is 0. The van der Waals surface area contributed by atoms with Crippen LogP contribution in [0.1, 0.15) is 28.2 Å². The zero-order chi connectivity index (χ0) is 13.2. The van der Waals surface area contributed by atoms with Crippen LogP contribution >= 0.6 is 0 Å². The summed E-state index contributed by atoms with van der Waals surface area (Å²) in [6, 6.07) is 0.890. The third-order valence-corrected chi connectivity index (χ3v) is 1.83. The Morgan fingerprint density at radius 1 is 1.35 bits per heavy atom. The van der Waals surface area contributed by atoms with E-state index in [2.05, 4.69) is 9.72 Å². The van der Waals surface area contributed by atoms with Crippen LogP contribution in [0.2, 0.25) is 0 Å². The molecule has 0 aliphatic carbocycles. The fourth-order valence-electron chi connectivity index (χ4n) is 1.06. The molecule has 94 valence electrons. The minimum atomic E-state index is -4.82. The van der Waals surface area contributed by atoms with Crippen molar-refractivity contribution < 1.29 is 31.5 Å². The van der Waals surface area contributed by atoms with E-state index in [-0.39, 0.29) is 0 Å².